The molecule has 0 aliphatic carbocycles. The molecular formula is C10H16N4O4. The molecule has 8 heteroatoms. The van der Waals surface area contributed by atoms with Crippen LogP contribution in [0, 0.1) is 0 Å². The van der Waals surface area contributed by atoms with Crippen molar-refractivity contribution in [3.05, 3.63) is 20.8 Å². The van der Waals surface area contributed by atoms with Crippen molar-refractivity contribution in [3.63, 3.8) is 0 Å². The van der Waals surface area contributed by atoms with Crippen LogP contribution in [0.15, 0.2) is 9.59 Å². The first-order chi connectivity index (χ1) is 8.54. The number of nitrogens with zero attached hydrogens (tertiary/aromatic N) is 2. The summed E-state index contributed by atoms with van der Waals surface area (Å²) in [6.07, 6.45) is -0.352. The van der Waals surface area contributed by atoms with Gasteiger partial charge in [0.1, 0.15) is 11.5 Å². The normalized spacial score (nSPS) is 20.1. The van der Waals surface area contributed by atoms with Crippen LogP contribution < -0.4 is 21.9 Å². The predicted molar refractivity (Wildman–Crippen MR) is 65.8 cm³/mol. The van der Waals surface area contributed by atoms with E-state index in [0.29, 0.717) is 19.7 Å². The Bertz CT molecular complexity index is 550. The van der Waals surface area contributed by atoms with E-state index >= 15 is 0 Å². The number of hydrogen-bond acceptors (Lipinski definition) is 6. The van der Waals surface area contributed by atoms with Gasteiger partial charge in [-0.15, -0.1) is 0 Å². The zero-order valence-corrected chi connectivity index (χ0v) is 10.0. The third-order valence-corrected chi connectivity index (χ3v) is 3.00. The van der Waals surface area contributed by atoms with Crippen molar-refractivity contribution in [2.75, 3.05) is 36.9 Å². The zero-order chi connectivity index (χ0) is 13.3. The van der Waals surface area contributed by atoms with Crippen molar-refractivity contribution in [1.82, 2.24) is 9.55 Å². The molecule has 100 valence electrons. The lowest BCUT2D eigenvalue weighted by molar-refractivity contribution is 0.00351. The molecule has 0 saturated carbocycles. The molecular weight excluding hydrogens is 240 g/mol. The molecule has 4 N–H and O–H groups in total. The van der Waals surface area contributed by atoms with Gasteiger partial charge in [-0.05, 0) is 0 Å². The van der Waals surface area contributed by atoms with Gasteiger partial charge in [0.05, 0.1) is 19.3 Å². The Morgan fingerprint density at radius 3 is 2.94 bits per heavy atom. The number of nitrogens with one attached hydrogen (secondary N) is 1. The highest BCUT2D eigenvalue weighted by atomic mass is 16.5. The van der Waals surface area contributed by atoms with Crippen LogP contribution in [0.4, 0.5) is 11.5 Å². The van der Waals surface area contributed by atoms with Gasteiger partial charge in [-0.25, -0.2) is 4.79 Å². The number of anilines is 2. The second-order valence-electron chi connectivity index (χ2n) is 4.17. The molecule has 1 atom stereocenters. The number of aromatic amines is 1. The van der Waals surface area contributed by atoms with Crippen LogP contribution in [0.5, 0.6) is 0 Å². The van der Waals surface area contributed by atoms with E-state index in [4.69, 9.17) is 15.6 Å². The SMILES string of the molecule is Cn1c(N)c(N2CCO[C@@H](CO)C2)c(=O)[nH]c1=O. The van der Waals surface area contributed by atoms with E-state index in [2.05, 4.69) is 4.98 Å². The number of nitrogen functional groups attached to an aromatic ring is 1. The molecule has 1 aliphatic rings. The molecule has 1 aromatic rings. The summed E-state index contributed by atoms with van der Waals surface area (Å²) >= 11 is 0. The Kier molecular flexibility index (Phi) is 3.39. The summed E-state index contributed by atoms with van der Waals surface area (Å²) in [5.41, 5.74) is 4.98. The maximum Gasteiger partial charge on any atom is 0.329 e. The summed E-state index contributed by atoms with van der Waals surface area (Å²) in [7, 11) is 1.49. The molecule has 18 heavy (non-hydrogen) atoms. The van der Waals surface area contributed by atoms with Gasteiger partial charge >= 0.3 is 5.69 Å². The van der Waals surface area contributed by atoms with Crippen LogP contribution >= 0.6 is 0 Å². The summed E-state index contributed by atoms with van der Waals surface area (Å²) in [6, 6.07) is 0. The molecule has 0 spiro atoms. The van der Waals surface area contributed by atoms with Crippen molar-refractivity contribution in [2.45, 2.75) is 6.10 Å². The van der Waals surface area contributed by atoms with Crippen molar-refractivity contribution in [1.29, 1.82) is 0 Å². The fourth-order valence-corrected chi connectivity index (χ4v) is 1.96. The molecule has 1 fully saturated rings. The van der Waals surface area contributed by atoms with Crippen LogP contribution in [-0.4, -0.2) is 47.1 Å². The molecule has 1 aromatic heterocycles. The average Bonchev–Trinajstić information content (AvgIpc) is 2.36. The summed E-state index contributed by atoms with van der Waals surface area (Å²) in [5.74, 6) is 0.113. The lowest BCUT2D eigenvalue weighted by Crippen LogP contribution is -2.47. The van der Waals surface area contributed by atoms with Gasteiger partial charge in [-0.3, -0.25) is 14.3 Å². The monoisotopic (exact) mass is 256 g/mol. The highest BCUT2D eigenvalue weighted by Crippen LogP contribution is 2.18. The Morgan fingerprint density at radius 1 is 1.56 bits per heavy atom. The number of aliphatic hydroxyl groups excluding tert-OH is 1. The minimum Gasteiger partial charge on any atom is -0.394 e. The van der Waals surface area contributed by atoms with E-state index in [1.807, 2.05) is 0 Å². The predicted octanol–water partition coefficient (Wildman–Crippen LogP) is -2.15. The fraction of sp³-hybridized carbons (Fsp3) is 0.600. The number of rotatable bonds is 2. The van der Waals surface area contributed by atoms with Crippen molar-refractivity contribution >= 4 is 11.5 Å². The Balaban J connectivity index is 2.42. The standard InChI is InChI=1S/C10H16N4O4/c1-13-8(11)7(9(16)12-10(13)17)14-2-3-18-6(4-14)5-15/h6,15H,2-5,11H2,1H3,(H,12,16,17)/t6-/m1/s1. The molecule has 2 rings (SSSR count). The molecule has 0 aromatic carbocycles. The number of H-pyrrole nitrogens is 1. The Hall–Kier alpha value is -1.80. The highest BCUT2D eigenvalue weighted by molar-refractivity contribution is 5.62. The van der Waals surface area contributed by atoms with Crippen LogP contribution in [0.25, 0.3) is 0 Å². The lowest BCUT2D eigenvalue weighted by Gasteiger charge is -2.33. The van der Waals surface area contributed by atoms with Crippen LogP contribution in [0.2, 0.25) is 0 Å². The summed E-state index contributed by atoms with van der Waals surface area (Å²) in [5, 5.41) is 9.07. The number of aliphatic hydroxyl groups is 1. The second-order valence-corrected chi connectivity index (χ2v) is 4.17. The molecule has 1 aliphatic heterocycles. The largest absolute Gasteiger partial charge is 0.394 e. The maximum atomic E-state index is 11.8. The number of morpholine rings is 1. The van der Waals surface area contributed by atoms with Gasteiger partial charge in [-0.2, -0.15) is 0 Å². The third kappa shape index (κ3) is 2.12. The quantitative estimate of drug-likeness (QED) is 0.556. The Labute approximate surface area is 103 Å². The van der Waals surface area contributed by atoms with Crippen molar-refractivity contribution in [2.24, 2.45) is 7.05 Å². The van der Waals surface area contributed by atoms with Crippen LogP contribution in [0.3, 0.4) is 0 Å². The van der Waals surface area contributed by atoms with Gasteiger partial charge < -0.3 is 20.5 Å². The van der Waals surface area contributed by atoms with Crippen LogP contribution in [-0.2, 0) is 11.8 Å². The smallest absolute Gasteiger partial charge is 0.329 e. The minimum atomic E-state index is -0.548. The highest BCUT2D eigenvalue weighted by Gasteiger charge is 2.24. The second kappa shape index (κ2) is 4.83. The van der Waals surface area contributed by atoms with Gasteiger partial charge in [0, 0.05) is 20.1 Å². The summed E-state index contributed by atoms with van der Waals surface area (Å²) in [4.78, 5) is 27.1. The molecule has 8 nitrogen and oxygen atoms in total. The molecule has 0 amide bonds. The first kappa shape index (κ1) is 12.7. The van der Waals surface area contributed by atoms with E-state index in [1.165, 1.54) is 11.6 Å². The molecule has 1 saturated heterocycles. The number of hydrogen-bond donors (Lipinski definition) is 3. The third-order valence-electron chi connectivity index (χ3n) is 3.00. The van der Waals surface area contributed by atoms with E-state index in [1.54, 1.807) is 4.90 Å². The fourth-order valence-electron chi connectivity index (χ4n) is 1.96. The van der Waals surface area contributed by atoms with Gasteiger partial charge in [0.15, 0.2) is 0 Å². The van der Waals surface area contributed by atoms with Crippen molar-refractivity contribution < 1.29 is 9.84 Å². The van der Waals surface area contributed by atoms with Gasteiger partial charge in [-0.1, -0.05) is 0 Å². The van der Waals surface area contributed by atoms with E-state index in [0.717, 1.165) is 0 Å². The molecule has 0 radical (unpaired) electrons. The Morgan fingerprint density at radius 2 is 2.28 bits per heavy atom. The average molecular weight is 256 g/mol. The molecule has 2 heterocycles. The van der Waals surface area contributed by atoms with E-state index in [-0.39, 0.29) is 24.2 Å². The number of nitrogens with two attached hydrogens (primary N) is 1. The van der Waals surface area contributed by atoms with E-state index < -0.39 is 11.2 Å². The summed E-state index contributed by atoms with van der Waals surface area (Å²) < 4.78 is 6.48. The summed E-state index contributed by atoms with van der Waals surface area (Å²) in [6.45, 7) is 1.12. The van der Waals surface area contributed by atoms with Gasteiger partial charge in [0.25, 0.3) is 5.56 Å². The molecule has 0 unspecified atom stereocenters. The number of ether oxygens (including phenoxy) is 1. The number of aromatic nitrogens is 2. The lowest BCUT2D eigenvalue weighted by atomic mass is 10.2. The first-order valence-electron chi connectivity index (χ1n) is 5.60. The topological polar surface area (TPSA) is 114 Å². The zero-order valence-electron chi connectivity index (χ0n) is 10.0. The minimum absolute atomic E-state index is 0.113. The molecule has 0 bridgehead atoms. The van der Waals surface area contributed by atoms with Crippen molar-refractivity contribution in [3.8, 4) is 0 Å². The maximum absolute atomic E-state index is 11.8. The van der Waals surface area contributed by atoms with Gasteiger partial charge in [0.2, 0.25) is 0 Å². The van der Waals surface area contributed by atoms with Crippen LogP contribution in [0.1, 0.15) is 0 Å². The van der Waals surface area contributed by atoms with E-state index in [9.17, 15) is 9.59 Å². The first-order valence-corrected chi connectivity index (χ1v) is 5.60.